The van der Waals surface area contributed by atoms with Gasteiger partial charge in [0.1, 0.15) is 0 Å². The van der Waals surface area contributed by atoms with E-state index in [0.717, 1.165) is 18.4 Å². The second-order valence-electron chi connectivity index (χ2n) is 3.89. The Balaban J connectivity index is 0.00000256. The van der Waals surface area contributed by atoms with Crippen molar-refractivity contribution in [3.05, 3.63) is 35.4 Å². The van der Waals surface area contributed by atoms with Gasteiger partial charge < -0.3 is 11.1 Å². The van der Waals surface area contributed by atoms with Crippen molar-refractivity contribution in [1.29, 1.82) is 0 Å². The minimum absolute atomic E-state index is 0. The molecule has 4 heteroatoms. The zero-order chi connectivity index (χ0) is 12.0. The van der Waals surface area contributed by atoms with Crippen molar-refractivity contribution in [3.8, 4) is 0 Å². The minimum atomic E-state index is -0.00253. The van der Waals surface area contributed by atoms with Crippen LogP contribution in [-0.2, 0) is 6.54 Å². The summed E-state index contributed by atoms with van der Waals surface area (Å²) >= 11 is 0. The highest BCUT2D eigenvalue weighted by Crippen LogP contribution is 2.05. The van der Waals surface area contributed by atoms with Crippen LogP contribution in [0.3, 0.4) is 0 Å². The highest BCUT2D eigenvalue weighted by molar-refractivity contribution is 5.94. The molecule has 0 saturated carbocycles. The summed E-state index contributed by atoms with van der Waals surface area (Å²) in [5.74, 6) is -0.00253. The molecule has 0 radical (unpaired) electrons. The van der Waals surface area contributed by atoms with Gasteiger partial charge in [-0.1, -0.05) is 26.0 Å². The summed E-state index contributed by atoms with van der Waals surface area (Å²) in [7, 11) is 0. The van der Waals surface area contributed by atoms with Crippen molar-refractivity contribution < 1.29 is 4.79 Å². The van der Waals surface area contributed by atoms with Crippen molar-refractivity contribution in [2.24, 2.45) is 5.73 Å². The number of hydrogen-bond acceptors (Lipinski definition) is 2. The fraction of sp³-hybridized carbons (Fsp3) is 0.462. The van der Waals surface area contributed by atoms with Gasteiger partial charge in [0.25, 0.3) is 5.91 Å². The van der Waals surface area contributed by atoms with E-state index in [9.17, 15) is 4.79 Å². The molecule has 3 N–H and O–H groups in total. The molecule has 0 fully saturated rings. The third-order valence-corrected chi connectivity index (χ3v) is 2.77. The molecule has 0 aromatic heterocycles. The quantitative estimate of drug-likeness (QED) is 0.851. The number of carbonyl (C=O) groups is 1. The smallest absolute Gasteiger partial charge is 0.251 e. The van der Waals surface area contributed by atoms with Crippen LogP contribution in [0.2, 0.25) is 0 Å². The molecule has 0 spiro atoms. The van der Waals surface area contributed by atoms with Gasteiger partial charge in [-0.15, -0.1) is 12.4 Å². The summed E-state index contributed by atoms with van der Waals surface area (Å²) in [6, 6.07) is 7.69. The lowest BCUT2D eigenvalue weighted by atomic mass is 10.1. The van der Waals surface area contributed by atoms with Crippen LogP contribution in [0, 0.1) is 0 Å². The monoisotopic (exact) mass is 256 g/mol. The van der Waals surface area contributed by atoms with Gasteiger partial charge in [-0.3, -0.25) is 4.79 Å². The number of halogens is 1. The SMILES string of the molecule is CCC(CC)NC(=O)c1ccc(CN)cc1.Cl. The van der Waals surface area contributed by atoms with Gasteiger partial charge in [-0.05, 0) is 30.5 Å². The highest BCUT2D eigenvalue weighted by Gasteiger charge is 2.09. The van der Waals surface area contributed by atoms with E-state index in [-0.39, 0.29) is 24.4 Å². The predicted octanol–water partition coefficient (Wildman–Crippen LogP) is 2.49. The molecule has 17 heavy (non-hydrogen) atoms. The molecular weight excluding hydrogens is 236 g/mol. The summed E-state index contributed by atoms with van der Waals surface area (Å²) in [5.41, 5.74) is 7.24. The first-order valence-corrected chi connectivity index (χ1v) is 5.81. The predicted molar refractivity (Wildman–Crippen MR) is 73.4 cm³/mol. The lowest BCUT2D eigenvalue weighted by Crippen LogP contribution is -2.33. The van der Waals surface area contributed by atoms with E-state index in [4.69, 9.17) is 5.73 Å². The second kappa shape index (κ2) is 8.09. The maximum atomic E-state index is 11.8. The Morgan fingerprint density at radius 1 is 1.24 bits per heavy atom. The largest absolute Gasteiger partial charge is 0.349 e. The Kier molecular flexibility index (Phi) is 7.59. The van der Waals surface area contributed by atoms with Crippen LogP contribution < -0.4 is 11.1 Å². The van der Waals surface area contributed by atoms with Gasteiger partial charge in [0.2, 0.25) is 0 Å². The molecule has 1 rings (SSSR count). The standard InChI is InChI=1S/C13H20N2O.ClH/c1-3-12(4-2)15-13(16)11-7-5-10(9-14)6-8-11;/h5-8,12H,3-4,9,14H2,1-2H3,(H,15,16);1H. The summed E-state index contributed by atoms with van der Waals surface area (Å²) in [5, 5.41) is 3.00. The molecule has 0 heterocycles. The number of rotatable bonds is 5. The molecule has 0 aliphatic carbocycles. The number of benzene rings is 1. The normalized spacial score (nSPS) is 9.88. The van der Waals surface area contributed by atoms with Gasteiger partial charge in [-0.2, -0.15) is 0 Å². The lowest BCUT2D eigenvalue weighted by molar-refractivity contribution is 0.0935. The lowest BCUT2D eigenvalue weighted by Gasteiger charge is -2.14. The molecular formula is C13H21ClN2O. The minimum Gasteiger partial charge on any atom is -0.349 e. The average Bonchev–Trinajstić information content (AvgIpc) is 2.35. The Hall–Kier alpha value is -1.06. The molecule has 96 valence electrons. The van der Waals surface area contributed by atoms with Crippen molar-refractivity contribution in [1.82, 2.24) is 5.32 Å². The van der Waals surface area contributed by atoms with Crippen LogP contribution in [0.4, 0.5) is 0 Å². The summed E-state index contributed by atoms with van der Waals surface area (Å²) in [6.45, 7) is 4.66. The van der Waals surface area contributed by atoms with Gasteiger partial charge in [0.05, 0.1) is 0 Å². The molecule has 0 aliphatic rings. The highest BCUT2D eigenvalue weighted by atomic mass is 35.5. The molecule has 1 aromatic carbocycles. The first kappa shape index (κ1) is 15.9. The van der Waals surface area contributed by atoms with E-state index in [0.29, 0.717) is 12.1 Å². The molecule has 1 aromatic rings. The fourth-order valence-electron chi connectivity index (χ4n) is 1.55. The van der Waals surface area contributed by atoms with Crippen LogP contribution in [-0.4, -0.2) is 11.9 Å². The number of amides is 1. The fourth-order valence-corrected chi connectivity index (χ4v) is 1.55. The second-order valence-corrected chi connectivity index (χ2v) is 3.89. The van der Waals surface area contributed by atoms with Crippen LogP contribution in [0.1, 0.15) is 42.6 Å². The topological polar surface area (TPSA) is 55.1 Å². The number of nitrogens with one attached hydrogen (secondary N) is 1. The number of hydrogen-bond donors (Lipinski definition) is 2. The van der Waals surface area contributed by atoms with E-state index in [2.05, 4.69) is 19.2 Å². The molecule has 1 amide bonds. The van der Waals surface area contributed by atoms with Crippen molar-refractivity contribution in [2.75, 3.05) is 0 Å². The zero-order valence-electron chi connectivity index (χ0n) is 10.4. The van der Waals surface area contributed by atoms with Crippen LogP contribution in [0.25, 0.3) is 0 Å². The van der Waals surface area contributed by atoms with Gasteiger partial charge in [0.15, 0.2) is 0 Å². The summed E-state index contributed by atoms with van der Waals surface area (Å²) in [4.78, 5) is 11.8. The van der Waals surface area contributed by atoms with Crippen molar-refractivity contribution in [2.45, 2.75) is 39.3 Å². The van der Waals surface area contributed by atoms with E-state index in [1.165, 1.54) is 0 Å². The maximum Gasteiger partial charge on any atom is 0.251 e. The van der Waals surface area contributed by atoms with Gasteiger partial charge in [-0.25, -0.2) is 0 Å². The Morgan fingerprint density at radius 3 is 2.18 bits per heavy atom. The number of nitrogens with two attached hydrogens (primary N) is 1. The first-order valence-electron chi connectivity index (χ1n) is 5.81. The van der Waals surface area contributed by atoms with Crippen LogP contribution in [0.5, 0.6) is 0 Å². The van der Waals surface area contributed by atoms with E-state index >= 15 is 0 Å². The molecule has 0 aliphatic heterocycles. The maximum absolute atomic E-state index is 11.8. The Labute approximate surface area is 109 Å². The van der Waals surface area contributed by atoms with E-state index < -0.39 is 0 Å². The first-order chi connectivity index (χ1) is 7.71. The van der Waals surface area contributed by atoms with Crippen molar-refractivity contribution >= 4 is 18.3 Å². The Morgan fingerprint density at radius 2 is 1.76 bits per heavy atom. The molecule has 0 atom stereocenters. The van der Waals surface area contributed by atoms with Crippen LogP contribution in [0.15, 0.2) is 24.3 Å². The summed E-state index contributed by atoms with van der Waals surface area (Å²) < 4.78 is 0. The Bertz CT molecular complexity index is 334. The molecule has 0 saturated heterocycles. The molecule has 0 unspecified atom stereocenters. The summed E-state index contributed by atoms with van der Waals surface area (Å²) in [6.07, 6.45) is 1.92. The molecule has 0 bridgehead atoms. The molecule has 3 nitrogen and oxygen atoms in total. The van der Waals surface area contributed by atoms with Crippen molar-refractivity contribution in [3.63, 3.8) is 0 Å². The third-order valence-electron chi connectivity index (χ3n) is 2.77. The third kappa shape index (κ3) is 4.75. The van der Waals surface area contributed by atoms with E-state index in [1.54, 1.807) is 0 Å². The zero-order valence-corrected chi connectivity index (χ0v) is 11.2. The average molecular weight is 257 g/mol. The van der Waals surface area contributed by atoms with Gasteiger partial charge >= 0.3 is 0 Å². The van der Waals surface area contributed by atoms with Crippen LogP contribution >= 0.6 is 12.4 Å². The van der Waals surface area contributed by atoms with E-state index in [1.807, 2.05) is 24.3 Å². The van der Waals surface area contributed by atoms with Gasteiger partial charge in [0, 0.05) is 18.2 Å². The number of carbonyl (C=O) groups excluding carboxylic acids is 1.